The molecule has 5 nitrogen and oxygen atoms in total. The van der Waals surface area contributed by atoms with Crippen LogP contribution in [0.25, 0.3) is 5.69 Å². The maximum atomic E-state index is 10.8. The Kier molecular flexibility index (Phi) is 4.53. The summed E-state index contributed by atoms with van der Waals surface area (Å²) in [5.74, 6) is -1.15. The molecule has 0 aliphatic heterocycles. The first-order valence-corrected chi connectivity index (χ1v) is 6.57. The van der Waals surface area contributed by atoms with Gasteiger partial charge in [0.25, 0.3) is 0 Å². The van der Waals surface area contributed by atoms with Crippen LogP contribution in [-0.2, 0) is 11.3 Å². The molecule has 20 heavy (non-hydrogen) atoms. The van der Waals surface area contributed by atoms with Gasteiger partial charge < -0.3 is 5.11 Å². The molecule has 1 atom stereocenters. The number of aromatic nitrogens is 2. The molecule has 0 saturated carbocycles. The molecule has 0 spiro atoms. The third-order valence-corrected chi connectivity index (χ3v) is 3.10. The summed E-state index contributed by atoms with van der Waals surface area (Å²) in [7, 11) is 1.90. The van der Waals surface area contributed by atoms with Gasteiger partial charge in [0.2, 0.25) is 0 Å². The molecule has 1 heterocycles. The van der Waals surface area contributed by atoms with Crippen LogP contribution in [0.5, 0.6) is 0 Å². The average Bonchev–Trinajstić information content (AvgIpc) is 2.88. The molecule has 1 aromatic carbocycles. The van der Waals surface area contributed by atoms with Crippen molar-refractivity contribution in [1.29, 1.82) is 0 Å². The maximum absolute atomic E-state index is 10.8. The van der Waals surface area contributed by atoms with Gasteiger partial charge in [-0.15, -0.1) is 0 Å². The summed E-state index contributed by atoms with van der Waals surface area (Å²) in [4.78, 5) is 12.8. The highest BCUT2D eigenvalue weighted by Crippen LogP contribution is 2.09. The summed E-state index contributed by atoms with van der Waals surface area (Å²) >= 11 is 0. The van der Waals surface area contributed by atoms with Gasteiger partial charge in [-0.3, -0.25) is 9.69 Å². The van der Waals surface area contributed by atoms with Gasteiger partial charge in [0.05, 0.1) is 17.3 Å². The van der Waals surface area contributed by atoms with Crippen LogP contribution >= 0.6 is 0 Å². The van der Waals surface area contributed by atoms with Crippen molar-refractivity contribution >= 4 is 5.97 Å². The van der Waals surface area contributed by atoms with E-state index in [4.69, 9.17) is 5.11 Å². The van der Waals surface area contributed by atoms with Gasteiger partial charge in [-0.25, -0.2) is 4.68 Å². The van der Waals surface area contributed by atoms with E-state index >= 15 is 0 Å². The van der Waals surface area contributed by atoms with E-state index in [9.17, 15) is 4.79 Å². The van der Waals surface area contributed by atoms with Crippen molar-refractivity contribution in [2.75, 3.05) is 13.6 Å². The van der Waals surface area contributed by atoms with E-state index in [1.54, 1.807) is 6.92 Å². The number of carboxylic acid groups (broad SMARTS) is 1. The molecule has 0 bridgehead atoms. The standard InChI is InChI=1S/C15H19N3O2/c1-12(15(19)20)10-17(2)11-13-8-9-18(16-13)14-6-4-3-5-7-14/h3-9,12H,10-11H2,1-2H3,(H,19,20). The first-order chi connectivity index (χ1) is 9.56. The molecule has 0 aliphatic carbocycles. The number of hydrogen-bond donors (Lipinski definition) is 1. The predicted octanol–water partition coefficient (Wildman–Crippen LogP) is 2.02. The highest BCUT2D eigenvalue weighted by Gasteiger charge is 2.14. The van der Waals surface area contributed by atoms with Crippen LogP contribution in [0.1, 0.15) is 12.6 Å². The van der Waals surface area contributed by atoms with E-state index in [-0.39, 0.29) is 5.92 Å². The lowest BCUT2D eigenvalue weighted by Crippen LogP contribution is -2.28. The third kappa shape index (κ3) is 3.68. The monoisotopic (exact) mass is 273 g/mol. The van der Waals surface area contributed by atoms with Gasteiger partial charge >= 0.3 is 5.97 Å². The number of aliphatic carboxylic acids is 1. The van der Waals surface area contributed by atoms with Gasteiger partial charge in [-0.1, -0.05) is 25.1 Å². The molecule has 1 aromatic heterocycles. The topological polar surface area (TPSA) is 58.4 Å². The molecule has 5 heteroatoms. The molecule has 1 unspecified atom stereocenters. The number of hydrogen-bond acceptors (Lipinski definition) is 3. The second kappa shape index (κ2) is 6.34. The molecule has 2 aromatic rings. The summed E-state index contributed by atoms with van der Waals surface area (Å²) in [6, 6.07) is 11.8. The largest absolute Gasteiger partial charge is 0.481 e. The van der Waals surface area contributed by atoms with Crippen LogP contribution in [0, 0.1) is 5.92 Å². The van der Waals surface area contributed by atoms with Gasteiger partial charge in [0.1, 0.15) is 0 Å². The fourth-order valence-electron chi connectivity index (χ4n) is 2.06. The zero-order valence-corrected chi connectivity index (χ0v) is 11.7. The second-order valence-corrected chi connectivity index (χ2v) is 5.02. The van der Waals surface area contributed by atoms with Crippen LogP contribution in [-0.4, -0.2) is 39.3 Å². The summed E-state index contributed by atoms with van der Waals surface area (Å²) < 4.78 is 1.82. The Morgan fingerprint density at radius 2 is 2.05 bits per heavy atom. The van der Waals surface area contributed by atoms with Crippen molar-refractivity contribution < 1.29 is 9.90 Å². The minimum Gasteiger partial charge on any atom is -0.481 e. The van der Waals surface area contributed by atoms with Crippen molar-refractivity contribution in [3.8, 4) is 5.69 Å². The van der Waals surface area contributed by atoms with Crippen LogP contribution in [0.4, 0.5) is 0 Å². The van der Waals surface area contributed by atoms with Crippen LogP contribution < -0.4 is 0 Å². The SMILES string of the molecule is CC(CN(C)Cc1ccn(-c2ccccc2)n1)C(=O)O. The minimum absolute atomic E-state index is 0.379. The molecule has 0 aliphatic rings. The van der Waals surface area contributed by atoms with Crippen LogP contribution in [0.2, 0.25) is 0 Å². The van der Waals surface area contributed by atoms with Crippen molar-refractivity contribution in [3.63, 3.8) is 0 Å². The van der Waals surface area contributed by atoms with E-state index in [1.165, 1.54) is 0 Å². The molecule has 0 amide bonds. The fraction of sp³-hybridized carbons (Fsp3) is 0.333. The average molecular weight is 273 g/mol. The van der Waals surface area contributed by atoms with Crippen molar-refractivity contribution in [2.24, 2.45) is 5.92 Å². The van der Waals surface area contributed by atoms with E-state index < -0.39 is 5.97 Å². The zero-order valence-electron chi connectivity index (χ0n) is 11.7. The Balaban J connectivity index is 1.98. The second-order valence-electron chi connectivity index (χ2n) is 5.02. The van der Waals surface area contributed by atoms with Gasteiger partial charge in [-0.05, 0) is 25.2 Å². The summed E-state index contributed by atoms with van der Waals surface area (Å²) in [5, 5.41) is 13.4. The van der Waals surface area contributed by atoms with E-state index in [0.29, 0.717) is 13.1 Å². The Morgan fingerprint density at radius 3 is 2.70 bits per heavy atom. The quantitative estimate of drug-likeness (QED) is 0.875. The van der Waals surface area contributed by atoms with E-state index in [2.05, 4.69) is 5.10 Å². The highest BCUT2D eigenvalue weighted by molar-refractivity contribution is 5.69. The summed E-state index contributed by atoms with van der Waals surface area (Å²) in [6.45, 7) is 2.85. The Labute approximate surface area is 118 Å². The first-order valence-electron chi connectivity index (χ1n) is 6.57. The minimum atomic E-state index is -0.772. The lowest BCUT2D eigenvalue weighted by Gasteiger charge is -2.17. The summed E-state index contributed by atoms with van der Waals surface area (Å²) in [6.07, 6.45) is 1.92. The molecule has 1 N–H and O–H groups in total. The van der Waals surface area contributed by atoms with Gasteiger partial charge in [0.15, 0.2) is 0 Å². The van der Waals surface area contributed by atoms with Crippen molar-refractivity contribution in [1.82, 2.24) is 14.7 Å². The molecule has 2 rings (SSSR count). The third-order valence-electron chi connectivity index (χ3n) is 3.10. The Morgan fingerprint density at radius 1 is 1.35 bits per heavy atom. The number of para-hydroxylation sites is 1. The lowest BCUT2D eigenvalue weighted by atomic mass is 10.2. The smallest absolute Gasteiger partial charge is 0.307 e. The first kappa shape index (κ1) is 14.3. The molecular formula is C15H19N3O2. The number of carboxylic acids is 1. The number of nitrogens with zero attached hydrogens (tertiary/aromatic N) is 3. The molecular weight excluding hydrogens is 254 g/mol. The fourth-order valence-corrected chi connectivity index (χ4v) is 2.06. The maximum Gasteiger partial charge on any atom is 0.307 e. The van der Waals surface area contributed by atoms with Crippen LogP contribution in [0.15, 0.2) is 42.6 Å². The molecule has 0 fully saturated rings. The van der Waals surface area contributed by atoms with Crippen LogP contribution in [0.3, 0.4) is 0 Å². The zero-order chi connectivity index (χ0) is 14.5. The van der Waals surface area contributed by atoms with E-state index in [0.717, 1.165) is 11.4 Å². The Bertz CT molecular complexity index is 566. The normalized spacial score (nSPS) is 12.6. The molecule has 0 saturated heterocycles. The number of rotatable bonds is 6. The highest BCUT2D eigenvalue weighted by atomic mass is 16.4. The van der Waals surface area contributed by atoms with Crippen molar-refractivity contribution in [3.05, 3.63) is 48.3 Å². The Hall–Kier alpha value is -2.14. The number of benzene rings is 1. The number of carbonyl (C=O) groups is 1. The molecule has 106 valence electrons. The summed E-state index contributed by atoms with van der Waals surface area (Å²) in [5.41, 5.74) is 1.94. The van der Waals surface area contributed by atoms with Crippen molar-refractivity contribution in [2.45, 2.75) is 13.5 Å². The lowest BCUT2D eigenvalue weighted by molar-refractivity contribution is -0.141. The van der Waals surface area contributed by atoms with Gasteiger partial charge in [0, 0.05) is 19.3 Å². The molecule has 0 radical (unpaired) electrons. The van der Waals surface area contributed by atoms with E-state index in [1.807, 2.05) is 59.2 Å². The van der Waals surface area contributed by atoms with Gasteiger partial charge in [-0.2, -0.15) is 5.10 Å². The predicted molar refractivity (Wildman–Crippen MR) is 76.7 cm³/mol.